The van der Waals surface area contributed by atoms with Gasteiger partial charge in [0.1, 0.15) is 13.0 Å². The number of nitrogens with zero attached hydrogens (tertiary/aromatic N) is 3. The number of ketones is 1. The van der Waals surface area contributed by atoms with E-state index in [9.17, 15) is 14.0 Å². The summed E-state index contributed by atoms with van der Waals surface area (Å²) < 4.78 is 37.2. The Hall–Kier alpha value is -2.92. The lowest BCUT2D eigenvalue weighted by Crippen LogP contribution is -2.13. The monoisotopic (exact) mass is 467 g/mol. The van der Waals surface area contributed by atoms with E-state index in [-0.39, 0.29) is 49.2 Å². The first-order valence-corrected chi connectivity index (χ1v) is 10.9. The van der Waals surface area contributed by atoms with E-state index in [0.717, 1.165) is 0 Å². The summed E-state index contributed by atoms with van der Waals surface area (Å²) in [5, 5.41) is 0. The minimum absolute atomic E-state index is 0.00492. The lowest BCUT2D eigenvalue weighted by Gasteiger charge is -2.17. The van der Waals surface area contributed by atoms with E-state index in [4.69, 9.17) is 24.3 Å². The second kappa shape index (κ2) is 11.1. The van der Waals surface area contributed by atoms with Crippen LogP contribution in [0.5, 0.6) is 5.75 Å². The molecule has 0 saturated heterocycles. The van der Waals surface area contributed by atoms with E-state index in [1.165, 1.54) is 32.5 Å². The summed E-state index contributed by atoms with van der Waals surface area (Å²) in [5.74, 6) is -0.526. The Balaban J connectivity index is 1.54. The lowest BCUT2D eigenvalue weighted by molar-refractivity contribution is -0.119. The van der Waals surface area contributed by atoms with E-state index >= 15 is 0 Å². The number of nitrogens with one attached hydrogen (secondary N) is 1. The molecule has 0 radical (unpaired) electrons. The van der Waals surface area contributed by atoms with Gasteiger partial charge in [0.15, 0.2) is 36.9 Å². The van der Waals surface area contributed by atoms with E-state index < -0.39 is 19.8 Å². The molecule has 2 heterocycles. The molecule has 1 aromatic carbocycles. The number of ether oxygens (including phenoxy) is 2. The van der Waals surface area contributed by atoms with Gasteiger partial charge in [0.05, 0.1) is 26.7 Å². The van der Waals surface area contributed by atoms with Crippen molar-refractivity contribution in [2.45, 2.75) is 20.1 Å². The van der Waals surface area contributed by atoms with Gasteiger partial charge in [-0.25, -0.2) is 9.37 Å². The first-order valence-electron chi connectivity index (χ1n) is 9.51. The van der Waals surface area contributed by atoms with E-state index in [1.54, 1.807) is 10.6 Å². The highest BCUT2D eigenvalue weighted by Gasteiger charge is 2.15. The van der Waals surface area contributed by atoms with Crippen LogP contribution in [0.25, 0.3) is 11.2 Å². The zero-order valence-electron chi connectivity index (χ0n) is 17.5. The van der Waals surface area contributed by atoms with Crippen LogP contribution in [-0.2, 0) is 31.7 Å². The Morgan fingerprint density at radius 2 is 2.16 bits per heavy atom. The number of nitrogens with two attached hydrogens (primary N) is 1. The summed E-state index contributed by atoms with van der Waals surface area (Å²) in [7, 11) is -0.179. The second-order valence-electron chi connectivity index (χ2n) is 6.65. The highest BCUT2D eigenvalue weighted by Crippen LogP contribution is 2.39. The molecule has 0 aliphatic heterocycles. The molecule has 3 aromatic rings. The molecule has 0 fully saturated rings. The van der Waals surface area contributed by atoms with Crippen molar-refractivity contribution in [3.05, 3.63) is 46.3 Å². The molecular formula is C19H23FN5O6P. The topological polar surface area (TPSA) is 144 Å². The molecule has 0 aliphatic carbocycles. The average Bonchev–Trinajstić information content (AvgIpc) is 3.15. The van der Waals surface area contributed by atoms with Gasteiger partial charge in [-0.2, -0.15) is 4.98 Å². The summed E-state index contributed by atoms with van der Waals surface area (Å²) in [6.07, 6.45) is 1.56. The SMILES string of the molecule is COc1ccc(COP(COCCn2cnc3c(=O)[nH]c(N)nc32)OCC(C)=O)cc1F. The number of hydrogen-bond donors (Lipinski definition) is 2. The number of nitrogen functional groups attached to an aromatic ring is 1. The van der Waals surface area contributed by atoms with E-state index in [0.29, 0.717) is 17.8 Å². The summed E-state index contributed by atoms with van der Waals surface area (Å²) >= 11 is 0. The third kappa shape index (κ3) is 6.30. The smallest absolute Gasteiger partial charge is 0.280 e. The first-order chi connectivity index (χ1) is 15.4. The van der Waals surface area contributed by atoms with Crippen molar-refractivity contribution < 1.29 is 27.7 Å². The molecule has 1 atom stereocenters. The predicted octanol–water partition coefficient (Wildman–Crippen LogP) is 1.96. The van der Waals surface area contributed by atoms with Gasteiger partial charge in [0.2, 0.25) is 5.95 Å². The van der Waals surface area contributed by atoms with Gasteiger partial charge < -0.3 is 28.8 Å². The maximum absolute atomic E-state index is 13.9. The molecule has 3 rings (SSSR count). The summed E-state index contributed by atoms with van der Waals surface area (Å²) in [5.41, 5.74) is 6.28. The van der Waals surface area contributed by atoms with E-state index in [2.05, 4.69) is 15.0 Å². The van der Waals surface area contributed by atoms with Crippen LogP contribution in [0.3, 0.4) is 0 Å². The quantitative estimate of drug-likeness (QED) is 0.302. The number of halogens is 1. The number of anilines is 1. The zero-order chi connectivity index (χ0) is 23.1. The molecule has 0 bridgehead atoms. The third-order valence-corrected chi connectivity index (χ3v) is 5.40. The van der Waals surface area contributed by atoms with Gasteiger partial charge in [-0.1, -0.05) is 6.07 Å². The zero-order valence-corrected chi connectivity index (χ0v) is 18.4. The van der Waals surface area contributed by atoms with Gasteiger partial charge in [-0.05, 0) is 24.6 Å². The van der Waals surface area contributed by atoms with Crippen LogP contribution in [-0.4, -0.2) is 52.0 Å². The second-order valence-corrected chi connectivity index (χ2v) is 8.09. The fraction of sp³-hybridized carbons (Fsp3) is 0.368. The number of hydrogen-bond acceptors (Lipinski definition) is 9. The minimum atomic E-state index is -1.56. The van der Waals surface area contributed by atoms with Crippen LogP contribution in [0.15, 0.2) is 29.3 Å². The molecule has 172 valence electrons. The Morgan fingerprint density at radius 1 is 1.34 bits per heavy atom. The van der Waals surface area contributed by atoms with Crippen molar-refractivity contribution >= 4 is 31.3 Å². The van der Waals surface area contributed by atoms with Crippen molar-refractivity contribution in [3.63, 3.8) is 0 Å². The number of benzene rings is 1. The number of imidazole rings is 1. The molecule has 0 aliphatic rings. The van der Waals surface area contributed by atoms with Crippen LogP contribution in [0, 0.1) is 5.82 Å². The predicted molar refractivity (Wildman–Crippen MR) is 115 cm³/mol. The molecule has 11 nitrogen and oxygen atoms in total. The first kappa shape index (κ1) is 23.7. The molecule has 2 aromatic heterocycles. The number of carbonyl (C=O) groups excluding carboxylic acids is 1. The number of rotatable bonds is 12. The number of methoxy groups -OCH3 is 1. The molecule has 0 saturated carbocycles. The van der Waals surface area contributed by atoms with Crippen molar-refractivity contribution in [2.24, 2.45) is 0 Å². The molecule has 13 heteroatoms. The number of H-pyrrole nitrogens is 1. The summed E-state index contributed by atoms with van der Waals surface area (Å²) in [6, 6.07) is 4.49. The maximum atomic E-state index is 13.9. The Bertz CT molecular complexity index is 1140. The minimum Gasteiger partial charge on any atom is -0.494 e. The maximum Gasteiger partial charge on any atom is 0.280 e. The number of aromatic amines is 1. The largest absolute Gasteiger partial charge is 0.494 e. The molecule has 32 heavy (non-hydrogen) atoms. The molecule has 3 N–H and O–H groups in total. The van der Waals surface area contributed by atoms with Crippen molar-refractivity contribution in [1.82, 2.24) is 19.5 Å². The summed E-state index contributed by atoms with van der Waals surface area (Å²) in [4.78, 5) is 33.6. The summed E-state index contributed by atoms with van der Waals surface area (Å²) in [6.45, 7) is 1.95. The highest BCUT2D eigenvalue weighted by molar-refractivity contribution is 7.47. The average molecular weight is 467 g/mol. The van der Waals surface area contributed by atoms with Crippen molar-refractivity contribution in [2.75, 3.05) is 32.4 Å². The molecule has 0 amide bonds. The normalized spacial score (nSPS) is 12.2. The van der Waals surface area contributed by atoms with Gasteiger partial charge in [0.25, 0.3) is 5.56 Å². The Morgan fingerprint density at radius 3 is 2.88 bits per heavy atom. The van der Waals surface area contributed by atoms with Crippen LogP contribution in [0.1, 0.15) is 12.5 Å². The van der Waals surface area contributed by atoms with Crippen LogP contribution in [0.2, 0.25) is 0 Å². The Kier molecular flexibility index (Phi) is 8.23. The van der Waals surface area contributed by atoms with Gasteiger partial charge in [0, 0.05) is 6.54 Å². The van der Waals surface area contributed by atoms with Gasteiger partial charge >= 0.3 is 0 Å². The van der Waals surface area contributed by atoms with Crippen molar-refractivity contribution in [1.29, 1.82) is 0 Å². The number of carbonyl (C=O) groups is 1. The van der Waals surface area contributed by atoms with Crippen LogP contribution >= 0.6 is 8.38 Å². The van der Waals surface area contributed by atoms with Crippen LogP contribution in [0.4, 0.5) is 10.3 Å². The number of fused-ring (bicyclic) bond motifs is 1. The standard InChI is InChI=1S/C19H23FN5O6P/c1-12(26)8-30-32(31-9-13-3-4-15(28-2)14(20)7-13)11-29-6-5-25-10-22-16-17(25)23-19(21)24-18(16)27/h3-4,7,10H,5-6,8-9,11H2,1-2H3,(H3,21,23,24,27). The van der Waals surface area contributed by atoms with Gasteiger partial charge in [-0.15, -0.1) is 0 Å². The van der Waals surface area contributed by atoms with Crippen LogP contribution < -0.4 is 16.0 Å². The number of aromatic nitrogens is 4. The lowest BCUT2D eigenvalue weighted by atomic mass is 10.2. The highest BCUT2D eigenvalue weighted by atomic mass is 31.2. The molecule has 1 unspecified atom stereocenters. The Labute approximate surface area is 183 Å². The van der Waals surface area contributed by atoms with E-state index in [1.807, 2.05) is 0 Å². The van der Waals surface area contributed by atoms with Crippen molar-refractivity contribution in [3.8, 4) is 5.75 Å². The number of Topliss-reactive ketones (excluding diaryl/α,β-unsaturated/α-hetero) is 1. The fourth-order valence-corrected chi connectivity index (χ4v) is 3.78. The third-order valence-electron chi connectivity index (χ3n) is 4.17. The molecular weight excluding hydrogens is 444 g/mol. The molecule has 0 spiro atoms. The fourth-order valence-electron chi connectivity index (χ4n) is 2.66. The van der Waals surface area contributed by atoms with Gasteiger partial charge in [-0.3, -0.25) is 14.6 Å².